The van der Waals surface area contributed by atoms with E-state index in [0.29, 0.717) is 11.4 Å². The monoisotopic (exact) mass is 549 g/mol. The van der Waals surface area contributed by atoms with Crippen LogP contribution in [0.3, 0.4) is 0 Å². The van der Waals surface area contributed by atoms with Crippen molar-refractivity contribution in [3.05, 3.63) is 89.8 Å². The molecule has 1 aliphatic carbocycles. The minimum absolute atomic E-state index is 0.0185. The number of pyridine rings is 1. The summed E-state index contributed by atoms with van der Waals surface area (Å²) in [7, 11) is 1.60. The predicted molar refractivity (Wildman–Crippen MR) is 144 cm³/mol. The van der Waals surface area contributed by atoms with Crippen molar-refractivity contribution in [1.82, 2.24) is 9.88 Å². The molecule has 40 heavy (non-hydrogen) atoms. The zero-order valence-corrected chi connectivity index (χ0v) is 22.0. The maximum Gasteiger partial charge on any atom is 0.415 e. The van der Waals surface area contributed by atoms with Gasteiger partial charge in [0.25, 0.3) is 0 Å². The number of carbonyl (C=O) groups excluding carboxylic acids is 1. The summed E-state index contributed by atoms with van der Waals surface area (Å²) in [6.07, 6.45) is 1.27. The molecule has 1 unspecified atom stereocenters. The number of aromatic nitrogens is 1. The summed E-state index contributed by atoms with van der Waals surface area (Å²) in [4.78, 5) is 30.9. The van der Waals surface area contributed by atoms with Gasteiger partial charge in [0.15, 0.2) is 6.10 Å². The summed E-state index contributed by atoms with van der Waals surface area (Å²) < 4.78 is 38.5. The topological polar surface area (TPSA) is 92.2 Å². The average molecular weight is 550 g/mol. The fourth-order valence-electron chi connectivity index (χ4n) is 4.57. The fraction of sp³-hybridized carbons (Fsp3) is 0.300. The summed E-state index contributed by atoms with van der Waals surface area (Å²) in [5.41, 5.74) is 2.76. The third-order valence-electron chi connectivity index (χ3n) is 7.05. The second-order valence-corrected chi connectivity index (χ2v) is 9.86. The number of methoxy groups -OCH3 is 1. The Kier molecular flexibility index (Phi) is 7.68. The van der Waals surface area contributed by atoms with Gasteiger partial charge in [-0.2, -0.15) is 0 Å². The molecule has 2 aliphatic heterocycles. The Morgan fingerprint density at radius 1 is 1.10 bits per heavy atom. The summed E-state index contributed by atoms with van der Waals surface area (Å²) >= 11 is 0. The molecule has 10 heteroatoms. The number of halogens is 2. The molecule has 3 fully saturated rings. The van der Waals surface area contributed by atoms with Crippen molar-refractivity contribution in [3.63, 3.8) is 0 Å². The van der Waals surface area contributed by atoms with Gasteiger partial charge in [-0.05, 0) is 49.6 Å². The molecule has 1 atom stereocenters. The van der Waals surface area contributed by atoms with E-state index in [2.05, 4.69) is 11.5 Å². The van der Waals surface area contributed by atoms with E-state index >= 15 is 0 Å². The maximum atomic E-state index is 13.8. The van der Waals surface area contributed by atoms with E-state index in [0.717, 1.165) is 67.5 Å². The normalized spacial score (nSPS) is 18.0. The molecule has 208 valence electrons. The van der Waals surface area contributed by atoms with Gasteiger partial charge in [-0.1, -0.05) is 24.8 Å². The number of hydrogen-bond acceptors (Lipinski definition) is 6. The number of hydrogen-bond donors (Lipinski definition) is 1. The molecule has 2 aromatic carbocycles. The van der Waals surface area contributed by atoms with E-state index in [9.17, 15) is 18.4 Å². The lowest BCUT2D eigenvalue weighted by molar-refractivity contribution is -0.138. The second kappa shape index (κ2) is 11.3. The van der Waals surface area contributed by atoms with Crippen LogP contribution >= 0.6 is 0 Å². The van der Waals surface area contributed by atoms with E-state index < -0.39 is 29.8 Å². The van der Waals surface area contributed by atoms with E-state index in [4.69, 9.17) is 19.6 Å². The highest BCUT2D eigenvalue weighted by atomic mass is 19.1. The van der Waals surface area contributed by atoms with Gasteiger partial charge in [0, 0.05) is 35.8 Å². The zero-order valence-electron chi connectivity index (χ0n) is 22.0. The molecule has 1 aromatic heterocycles. The molecule has 3 aliphatic rings. The largest absolute Gasteiger partial charge is 0.496 e. The van der Waals surface area contributed by atoms with E-state index in [1.54, 1.807) is 7.11 Å². The van der Waals surface area contributed by atoms with Gasteiger partial charge >= 0.3 is 12.1 Å². The molecule has 1 N–H and O–H groups in total. The number of nitrogens with zero attached hydrogens (tertiary/aromatic N) is 3. The standard InChI is InChI=1S/C26H23F2N3O3.C4H6O2/c1-16-25(17-12-18(27)14-19(28)13-17)34-26(32)31(16)15-22-20(21-6-3-4-7-23(21)33-2)8-9-24(29-22)30-10-5-11-30;5-4(6)3-1-2-3/h3-4,6-9,12-14,25H,1,5,10-11,15H2,2H3;3H,1-2H2,(H,5,6). The predicted octanol–water partition coefficient (Wildman–Crippen LogP) is 5.93. The van der Waals surface area contributed by atoms with Gasteiger partial charge in [-0.3, -0.25) is 9.69 Å². The lowest BCUT2D eigenvalue weighted by atomic mass is 10.0. The molecule has 6 rings (SSSR count). The second-order valence-electron chi connectivity index (χ2n) is 9.86. The van der Waals surface area contributed by atoms with Gasteiger partial charge < -0.3 is 19.5 Å². The molecule has 1 saturated carbocycles. The molecule has 0 bridgehead atoms. The number of anilines is 1. The van der Waals surface area contributed by atoms with Crippen molar-refractivity contribution in [3.8, 4) is 16.9 Å². The Labute approximate surface area is 230 Å². The number of aliphatic carboxylic acids is 1. The van der Waals surface area contributed by atoms with Gasteiger partial charge in [0.2, 0.25) is 0 Å². The number of carboxylic acids is 1. The van der Waals surface area contributed by atoms with Gasteiger partial charge in [0.05, 0.1) is 31.0 Å². The Morgan fingerprint density at radius 2 is 1.80 bits per heavy atom. The number of carbonyl (C=O) groups is 2. The highest BCUT2D eigenvalue weighted by molar-refractivity contribution is 5.77. The lowest BCUT2D eigenvalue weighted by Crippen LogP contribution is -2.37. The Hall–Kier alpha value is -4.47. The molecule has 1 amide bonds. The third kappa shape index (κ3) is 5.75. The first-order valence-corrected chi connectivity index (χ1v) is 13.0. The van der Waals surface area contributed by atoms with E-state index in [1.807, 2.05) is 36.4 Å². The van der Waals surface area contributed by atoms with Crippen molar-refractivity contribution in [2.75, 3.05) is 25.1 Å². The molecule has 0 spiro atoms. The highest BCUT2D eigenvalue weighted by Crippen LogP contribution is 2.39. The number of rotatable bonds is 7. The Morgan fingerprint density at radius 3 is 2.38 bits per heavy atom. The quantitative estimate of drug-likeness (QED) is 0.390. The minimum atomic E-state index is -0.981. The minimum Gasteiger partial charge on any atom is -0.496 e. The molecule has 0 radical (unpaired) electrons. The molecule has 3 heterocycles. The Bertz CT molecular complexity index is 1430. The fourth-order valence-corrected chi connectivity index (χ4v) is 4.57. The number of para-hydroxylation sites is 1. The number of ether oxygens (including phenoxy) is 2. The van der Waals surface area contributed by atoms with Crippen LogP contribution in [0.4, 0.5) is 19.4 Å². The van der Waals surface area contributed by atoms with Crippen molar-refractivity contribution in [1.29, 1.82) is 0 Å². The van der Waals surface area contributed by atoms with Crippen LogP contribution in [0.15, 0.2) is 66.9 Å². The lowest BCUT2D eigenvalue weighted by Gasteiger charge is -2.32. The number of cyclic esters (lactones) is 1. The molecule has 2 saturated heterocycles. The van der Waals surface area contributed by atoms with Crippen LogP contribution < -0.4 is 9.64 Å². The first-order chi connectivity index (χ1) is 19.2. The van der Waals surface area contributed by atoms with Crippen LogP contribution in [0, 0.1) is 17.6 Å². The zero-order chi connectivity index (χ0) is 28.4. The molecular formula is C30H29F2N3O5. The van der Waals surface area contributed by atoms with E-state index in [1.165, 1.54) is 4.90 Å². The molecule has 3 aromatic rings. The number of carboxylic acid groups (broad SMARTS) is 1. The van der Waals surface area contributed by atoms with Crippen LogP contribution in [0.1, 0.15) is 36.6 Å². The Balaban J connectivity index is 0.000000477. The van der Waals surface area contributed by atoms with Crippen molar-refractivity contribution in [2.45, 2.75) is 31.9 Å². The summed E-state index contributed by atoms with van der Waals surface area (Å²) in [6, 6.07) is 14.5. The van der Waals surface area contributed by atoms with Crippen LogP contribution in [0.2, 0.25) is 0 Å². The maximum absolute atomic E-state index is 13.8. The van der Waals surface area contributed by atoms with E-state index in [-0.39, 0.29) is 23.7 Å². The summed E-state index contributed by atoms with van der Waals surface area (Å²) in [6.45, 7) is 5.92. The molecular weight excluding hydrogens is 520 g/mol. The van der Waals surface area contributed by atoms with Gasteiger partial charge in [-0.15, -0.1) is 0 Å². The molecule has 8 nitrogen and oxygen atoms in total. The number of benzene rings is 2. The SMILES string of the molecule is C=C1C(c2cc(F)cc(F)c2)OC(=O)N1Cc1nc(N2CCC2)ccc1-c1ccccc1OC.O=C(O)C1CC1. The average Bonchev–Trinajstić information content (AvgIpc) is 3.71. The van der Waals surface area contributed by atoms with Gasteiger partial charge in [0.1, 0.15) is 23.2 Å². The first-order valence-electron chi connectivity index (χ1n) is 13.0. The smallest absolute Gasteiger partial charge is 0.415 e. The third-order valence-corrected chi connectivity index (χ3v) is 7.05. The van der Waals surface area contributed by atoms with Crippen LogP contribution in [0.5, 0.6) is 5.75 Å². The van der Waals surface area contributed by atoms with Gasteiger partial charge in [-0.25, -0.2) is 18.6 Å². The van der Waals surface area contributed by atoms with Crippen molar-refractivity contribution in [2.24, 2.45) is 5.92 Å². The van der Waals surface area contributed by atoms with Crippen molar-refractivity contribution >= 4 is 17.9 Å². The highest BCUT2D eigenvalue weighted by Gasteiger charge is 2.38. The summed E-state index contributed by atoms with van der Waals surface area (Å²) in [5.74, 6) is -0.612. The van der Waals surface area contributed by atoms with Crippen LogP contribution in [-0.4, -0.2) is 47.3 Å². The summed E-state index contributed by atoms with van der Waals surface area (Å²) in [5, 5.41) is 8.05. The first kappa shape index (κ1) is 27.1. The number of amides is 1. The van der Waals surface area contributed by atoms with Crippen molar-refractivity contribution < 1.29 is 33.0 Å². The van der Waals surface area contributed by atoms with Crippen LogP contribution in [-0.2, 0) is 16.1 Å². The van der Waals surface area contributed by atoms with Crippen LogP contribution in [0.25, 0.3) is 11.1 Å².